The van der Waals surface area contributed by atoms with Gasteiger partial charge in [-0.15, -0.1) is 0 Å². The third-order valence-corrected chi connectivity index (χ3v) is 6.18. The van der Waals surface area contributed by atoms with Crippen molar-refractivity contribution in [1.82, 2.24) is 0 Å². The second-order valence-electron chi connectivity index (χ2n) is 5.71. The van der Waals surface area contributed by atoms with Crippen molar-refractivity contribution in [1.29, 1.82) is 0 Å². The van der Waals surface area contributed by atoms with Gasteiger partial charge in [0.1, 0.15) is 23.9 Å². The maximum atomic E-state index is 10.7. The lowest BCUT2D eigenvalue weighted by Gasteiger charge is -2.17. The summed E-state index contributed by atoms with van der Waals surface area (Å²) in [6.45, 7) is 5.46. The largest absolute Gasteiger partial charge is 0.491 e. The summed E-state index contributed by atoms with van der Waals surface area (Å²) in [5.41, 5.74) is 0. The number of halogens is 3. The van der Waals surface area contributed by atoms with Gasteiger partial charge in [0.25, 0.3) is 0 Å². The predicted molar refractivity (Wildman–Crippen MR) is 104 cm³/mol. The van der Waals surface area contributed by atoms with Crippen LogP contribution in [-0.4, -0.2) is 51.2 Å². The zero-order valence-electron chi connectivity index (χ0n) is 15.3. The normalized spacial score (nSPS) is 15.1. The van der Waals surface area contributed by atoms with Gasteiger partial charge >= 0.3 is 6.18 Å². The Morgan fingerprint density at radius 2 is 1.70 bits per heavy atom. The van der Waals surface area contributed by atoms with Crippen molar-refractivity contribution in [3.63, 3.8) is 0 Å². The molecule has 1 aliphatic heterocycles. The first kappa shape index (κ1) is 21.6. The van der Waals surface area contributed by atoms with E-state index >= 15 is 0 Å². The minimum absolute atomic E-state index is 0.0625. The highest BCUT2D eigenvalue weighted by Crippen LogP contribution is 2.33. The number of methoxy groups -OCH3 is 1. The molecule has 2 aromatic rings. The van der Waals surface area contributed by atoms with Gasteiger partial charge in [0.15, 0.2) is 4.90 Å². The second-order valence-corrected chi connectivity index (χ2v) is 7.95. The van der Waals surface area contributed by atoms with Gasteiger partial charge in [-0.3, -0.25) is 0 Å². The predicted octanol–water partition coefficient (Wildman–Crippen LogP) is 4.61. The summed E-state index contributed by atoms with van der Waals surface area (Å²) < 4.78 is 48.4. The molecule has 1 heterocycles. The van der Waals surface area contributed by atoms with E-state index in [4.69, 9.17) is 14.2 Å². The number of ether oxygens (including phenoxy) is 3. The summed E-state index contributed by atoms with van der Waals surface area (Å²) >= 11 is 0. The molecule has 0 unspecified atom stereocenters. The van der Waals surface area contributed by atoms with E-state index < -0.39 is 6.18 Å². The molecule has 1 aliphatic rings. The minimum atomic E-state index is -4.19. The van der Waals surface area contributed by atoms with E-state index in [-0.39, 0.29) is 6.08 Å². The molecule has 2 aromatic carbocycles. The van der Waals surface area contributed by atoms with E-state index in [1.54, 1.807) is 7.11 Å². The first-order chi connectivity index (χ1) is 13.0. The molecule has 0 radical (unpaired) electrons. The molecule has 0 saturated carbocycles. The van der Waals surface area contributed by atoms with E-state index in [2.05, 4.69) is 43.0 Å². The van der Waals surface area contributed by atoms with Crippen LogP contribution in [0.15, 0.2) is 53.9 Å². The van der Waals surface area contributed by atoms with Gasteiger partial charge in [-0.2, -0.15) is 13.2 Å². The summed E-state index contributed by atoms with van der Waals surface area (Å²) in [5, 5.41) is 2.52. The lowest BCUT2D eigenvalue weighted by Crippen LogP contribution is -2.26. The molecule has 0 aliphatic carbocycles. The summed E-state index contributed by atoms with van der Waals surface area (Å²) in [6, 6.07) is 12.9. The van der Waals surface area contributed by atoms with Crippen LogP contribution in [0.25, 0.3) is 10.8 Å². The monoisotopic (exact) mass is 401 g/mol. The molecule has 7 heteroatoms. The molecule has 0 N–H and O–H groups in total. The Kier molecular flexibility index (Phi) is 8.47. The highest BCUT2D eigenvalue weighted by molar-refractivity contribution is 7.97. The molecule has 1 saturated heterocycles. The van der Waals surface area contributed by atoms with E-state index in [1.807, 2.05) is 0 Å². The smallest absolute Gasteiger partial charge is 0.409 e. The van der Waals surface area contributed by atoms with Crippen LogP contribution in [0.3, 0.4) is 0 Å². The molecule has 0 aromatic heterocycles. The molecule has 3 nitrogen and oxygen atoms in total. The lowest BCUT2D eigenvalue weighted by molar-refractivity contribution is -0.0795. The molecule has 0 amide bonds. The number of rotatable bonds is 5. The van der Waals surface area contributed by atoms with E-state index in [9.17, 15) is 13.2 Å². The molecular weight excluding hydrogens is 377 g/mol. The highest BCUT2D eigenvalue weighted by atomic mass is 32.2. The van der Waals surface area contributed by atoms with Crippen LogP contribution >= 0.6 is 0 Å². The number of hydrogen-bond acceptors (Lipinski definition) is 3. The topological polar surface area (TPSA) is 27.7 Å². The zero-order valence-corrected chi connectivity index (χ0v) is 16.1. The van der Waals surface area contributed by atoms with Gasteiger partial charge < -0.3 is 14.2 Å². The van der Waals surface area contributed by atoms with Crippen molar-refractivity contribution < 1.29 is 27.4 Å². The van der Waals surface area contributed by atoms with E-state index in [1.165, 1.54) is 15.7 Å². The Labute approximate surface area is 160 Å². The molecule has 27 heavy (non-hydrogen) atoms. The van der Waals surface area contributed by atoms with Gasteiger partial charge in [-0.1, -0.05) is 24.8 Å². The molecular formula is C20H24F3O3S+. The standard InChI is InChI=1S/C17H21O3S.C3H3F3/c1-18-8-9-20-16-6-7-17(21-12-10-19-11-13-21)15-5-3-2-4-14(15)16;1-2-3(4,5)6/h2-7H,8-13H2,1H3;2H,1H2/q+1;. The van der Waals surface area contributed by atoms with Crippen molar-refractivity contribution in [2.45, 2.75) is 11.1 Å². The van der Waals surface area contributed by atoms with Gasteiger partial charge in [0, 0.05) is 34.9 Å². The third kappa shape index (κ3) is 6.75. The van der Waals surface area contributed by atoms with Crippen LogP contribution in [0.4, 0.5) is 13.2 Å². The summed E-state index contributed by atoms with van der Waals surface area (Å²) in [6.07, 6.45) is -4.26. The SMILES string of the molecule is C=CC(F)(F)F.COCCOc1ccc([S+]2CCOCC2)c2ccccc12. The number of hydrogen-bond donors (Lipinski definition) is 0. The van der Waals surface area contributed by atoms with Crippen molar-refractivity contribution in [2.75, 3.05) is 45.0 Å². The molecule has 3 rings (SSSR count). The number of benzene rings is 2. The van der Waals surface area contributed by atoms with Crippen molar-refractivity contribution >= 4 is 21.7 Å². The van der Waals surface area contributed by atoms with Crippen molar-refractivity contribution in [3.8, 4) is 5.75 Å². The third-order valence-electron chi connectivity index (χ3n) is 3.88. The molecule has 0 atom stereocenters. The first-order valence-electron chi connectivity index (χ1n) is 8.55. The number of allylic oxidation sites excluding steroid dienone is 1. The van der Waals surface area contributed by atoms with E-state index in [0.29, 0.717) is 24.1 Å². The van der Waals surface area contributed by atoms with Crippen LogP contribution < -0.4 is 4.74 Å². The van der Waals surface area contributed by atoms with Crippen LogP contribution in [-0.2, 0) is 20.4 Å². The number of alkyl halides is 3. The second kappa shape index (κ2) is 10.6. The fourth-order valence-electron chi connectivity index (χ4n) is 2.60. The lowest BCUT2D eigenvalue weighted by atomic mass is 10.1. The fraction of sp³-hybridized carbons (Fsp3) is 0.400. The van der Waals surface area contributed by atoms with Gasteiger partial charge in [0.2, 0.25) is 0 Å². The Bertz CT molecular complexity index is 728. The zero-order chi connectivity index (χ0) is 19.7. The average molecular weight is 401 g/mol. The first-order valence-corrected chi connectivity index (χ1v) is 10.1. The average Bonchev–Trinajstić information content (AvgIpc) is 2.69. The van der Waals surface area contributed by atoms with Crippen LogP contribution in [0.1, 0.15) is 0 Å². The van der Waals surface area contributed by atoms with Crippen molar-refractivity contribution in [2.24, 2.45) is 0 Å². The maximum absolute atomic E-state index is 10.7. The minimum Gasteiger partial charge on any atom is -0.491 e. The van der Waals surface area contributed by atoms with Gasteiger partial charge in [-0.05, 0) is 18.2 Å². The molecule has 0 spiro atoms. The Morgan fingerprint density at radius 3 is 2.30 bits per heavy atom. The summed E-state index contributed by atoms with van der Waals surface area (Å²) in [4.78, 5) is 1.45. The van der Waals surface area contributed by atoms with E-state index in [0.717, 1.165) is 30.5 Å². The summed E-state index contributed by atoms with van der Waals surface area (Å²) in [7, 11) is 1.99. The maximum Gasteiger partial charge on any atom is 0.409 e. The molecule has 148 valence electrons. The Morgan fingerprint density at radius 1 is 1.07 bits per heavy atom. The Balaban J connectivity index is 0.000000380. The van der Waals surface area contributed by atoms with Crippen LogP contribution in [0, 0.1) is 0 Å². The molecule has 1 fully saturated rings. The fourth-order valence-corrected chi connectivity index (χ4v) is 4.63. The van der Waals surface area contributed by atoms with Gasteiger partial charge in [-0.25, -0.2) is 0 Å². The van der Waals surface area contributed by atoms with Crippen molar-refractivity contribution in [3.05, 3.63) is 49.1 Å². The van der Waals surface area contributed by atoms with Crippen LogP contribution in [0.5, 0.6) is 5.75 Å². The van der Waals surface area contributed by atoms with Gasteiger partial charge in [0.05, 0.1) is 19.8 Å². The summed E-state index contributed by atoms with van der Waals surface area (Å²) in [5.74, 6) is 3.21. The highest BCUT2D eigenvalue weighted by Gasteiger charge is 2.27. The number of fused-ring (bicyclic) bond motifs is 1. The Hall–Kier alpha value is -1.70. The van der Waals surface area contributed by atoms with Crippen LogP contribution in [0.2, 0.25) is 0 Å². The quantitative estimate of drug-likeness (QED) is 0.416. The molecule has 0 bridgehead atoms.